The first-order valence-corrected chi connectivity index (χ1v) is 10.0. The minimum Gasteiger partial charge on any atom is -0.371 e. The van der Waals surface area contributed by atoms with Crippen molar-refractivity contribution in [1.82, 2.24) is 4.57 Å². The van der Waals surface area contributed by atoms with Gasteiger partial charge in [-0.2, -0.15) is 5.26 Å². The minimum atomic E-state index is -0.0331. The second-order valence-corrected chi connectivity index (χ2v) is 7.89. The van der Waals surface area contributed by atoms with E-state index in [9.17, 15) is 10.1 Å². The monoisotopic (exact) mass is 429 g/mol. The van der Waals surface area contributed by atoms with Crippen molar-refractivity contribution < 1.29 is 0 Å². The van der Waals surface area contributed by atoms with E-state index < -0.39 is 0 Å². The van der Waals surface area contributed by atoms with Crippen LogP contribution in [0, 0.1) is 11.3 Å². The Morgan fingerprint density at radius 2 is 1.89 bits per heavy atom. The van der Waals surface area contributed by atoms with Gasteiger partial charge < -0.3 is 9.88 Å². The summed E-state index contributed by atoms with van der Waals surface area (Å²) in [5.74, 6) is 0.814. The predicted octanol–water partition coefficient (Wildman–Crippen LogP) is 5.22. The molecule has 0 saturated heterocycles. The number of pyridine rings is 1. The molecule has 0 amide bonds. The van der Waals surface area contributed by atoms with Crippen molar-refractivity contribution >= 4 is 32.5 Å². The van der Waals surface area contributed by atoms with Crippen LogP contribution in [0.4, 0.5) is 5.82 Å². The zero-order valence-electron chi connectivity index (χ0n) is 15.0. The van der Waals surface area contributed by atoms with Gasteiger partial charge in [0.15, 0.2) is 5.43 Å². The number of hydrogen-bond donors (Lipinski definition) is 1. The van der Waals surface area contributed by atoms with Crippen LogP contribution in [0.2, 0.25) is 0 Å². The van der Waals surface area contributed by atoms with E-state index in [4.69, 9.17) is 0 Å². The second-order valence-electron chi connectivity index (χ2n) is 6.97. The summed E-state index contributed by atoms with van der Waals surface area (Å²) in [5, 5.41) is 14.7. The Kier molecular flexibility index (Phi) is 3.96. The van der Waals surface area contributed by atoms with Crippen molar-refractivity contribution in [3.63, 3.8) is 0 Å². The number of halogens is 1. The number of aromatic nitrogens is 1. The average Bonchev–Trinajstić information content (AvgIpc) is 2.73. The Morgan fingerprint density at radius 3 is 2.68 bits per heavy atom. The zero-order valence-corrected chi connectivity index (χ0v) is 16.6. The lowest BCUT2D eigenvalue weighted by Crippen LogP contribution is -2.24. The first-order chi connectivity index (χ1) is 13.7. The van der Waals surface area contributed by atoms with E-state index in [1.54, 1.807) is 6.07 Å². The van der Waals surface area contributed by atoms with Gasteiger partial charge in [-0.3, -0.25) is 4.79 Å². The molecule has 0 aromatic heterocycles. The Balaban J connectivity index is 2.01. The Hall–Kier alpha value is -3.10. The number of nitriles is 1. The zero-order chi connectivity index (χ0) is 19.3. The fourth-order valence-corrected chi connectivity index (χ4v) is 4.49. The van der Waals surface area contributed by atoms with Crippen molar-refractivity contribution in [2.24, 2.45) is 0 Å². The number of nitrogens with one attached hydrogen (secondary N) is 1. The van der Waals surface area contributed by atoms with E-state index in [2.05, 4.69) is 44.0 Å². The Bertz CT molecular complexity index is 1300. The molecule has 0 atom stereocenters. The summed E-state index contributed by atoms with van der Waals surface area (Å²) in [4.78, 5) is 13.4. The maximum atomic E-state index is 13.4. The Labute approximate surface area is 170 Å². The second kappa shape index (κ2) is 6.50. The molecular formula is C23H16BrN3O. The lowest BCUT2D eigenvalue weighted by atomic mass is 9.90. The molecule has 1 aliphatic carbocycles. The van der Waals surface area contributed by atoms with E-state index >= 15 is 0 Å². The van der Waals surface area contributed by atoms with E-state index in [1.165, 1.54) is 0 Å². The first-order valence-electron chi connectivity index (χ1n) is 9.21. The van der Waals surface area contributed by atoms with Gasteiger partial charge in [0.1, 0.15) is 11.9 Å². The summed E-state index contributed by atoms with van der Waals surface area (Å²) in [6.07, 6.45) is 0.989. The van der Waals surface area contributed by atoms with Gasteiger partial charge in [-0.25, -0.2) is 0 Å². The quantitative estimate of drug-likeness (QED) is 0.421. The summed E-state index contributed by atoms with van der Waals surface area (Å²) < 4.78 is 3.03. The van der Waals surface area contributed by atoms with Gasteiger partial charge in [-0.1, -0.05) is 46.3 Å². The number of nitrogens with zero attached hydrogens (tertiary/aromatic N) is 2. The highest BCUT2D eigenvalue weighted by molar-refractivity contribution is 9.10. The highest BCUT2D eigenvalue weighted by Gasteiger charge is 2.26. The molecule has 4 nitrogen and oxygen atoms in total. The van der Waals surface area contributed by atoms with Gasteiger partial charge in [-0.15, -0.1) is 0 Å². The van der Waals surface area contributed by atoms with Gasteiger partial charge in [0.25, 0.3) is 0 Å². The van der Waals surface area contributed by atoms with E-state index in [0.717, 1.165) is 41.1 Å². The van der Waals surface area contributed by atoms with Gasteiger partial charge in [0, 0.05) is 33.9 Å². The molecule has 5 rings (SSSR count). The van der Waals surface area contributed by atoms with Crippen molar-refractivity contribution in [2.75, 3.05) is 11.9 Å². The molecule has 0 unspecified atom stereocenters. The maximum absolute atomic E-state index is 13.4. The fraction of sp³-hybridized carbons (Fsp3) is 0.130. The SMILES string of the molecule is N#Cc1c2cc(-c3ccccc3)n3c(c-2c(=O)c2ccc(Br)cc12)NCCC3. The molecule has 2 aromatic rings. The lowest BCUT2D eigenvalue weighted by molar-refractivity contribution is 0.631. The summed E-state index contributed by atoms with van der Waals surface area (Å²) in [7, 11) is 0. The predicted molar refractivity (Wildman–Crippen MR) is 116 cm³/mol. The third-order valence-electron chi connectivity index (χ3n) is 5.37. The van der Waals surface area contributed by atoms with Crippen LogP contribution in [0.5, 0.6) is 0 Å². The molecular weight excluding hydrogens is 414 g/mol. The highest BCUT2D eigenvalue weighted by Crippen LogP contribution is 2.40. The molecule has 2 aromatic carbocycles. The number of hydrogen-bond acceptors (Lipinski definition) is 3. The number of fused-ring (bicyclic) bond motifs is 4. The maximum Gasteiger partial charge on any atom is 0.197 e. The summed E-state index contributed by atoms with van der Waals surface area (Å²) in [6.45, 7) is 1.65. The smallest absolute Gasteiger partial charge is 0.197 e. The van der Waals surface area contributed by atoms with Crippen LogP contribution in [0.3, 0.4) is 0 Å². The summed E-state index contributed by atoms with van der Waals surface area (Å²) in [5.41, 5.74) is 3.90. The molecule has 136 valence electrons. The van der Waals surface area contributed by atoms with Crippen LogP contribution in [0.15, 0.2) is 63.9 Å². The molecule has 0 radical (unpaired) electrons. The molecule has 0 fully saturated rings. The molecule has 3 aliphatic rings. The van der Waals surface area contributed by atoms with Crippen molar-refractivity contribution in [3.8, 4) is 28.5 Å². The molecule has 1 N–H and O–H groups in total. The molecule has 28 heavy (non-hydrogen) atoms. The number of anilines is 1. The molecule has 0 spiro atoms. The highest BCUT2D eigenvalue weighted by atomic mass is 79.9. The van der Waals surface area contributed by atoms with Gasteiger partial charge >= 0.3 is 0 Å². The van der Waals surface area contributed by atoms with Crippen molar-refractivity contribution in [1.29, 1.82) is 5.26 Å². The molecule has 5 heteroatoms. The normalized spacial score (nSPS) is 13.1. The van der Waals surface area contributed by atoms with E-state index in [-0.39, 0.29) is 5.43 Å². The Morgan fingerprint density at radius 1 is 1.07 bits per heavy atom. The largest absolute Gasteiger partial charge is 0.371 e. The van der Waals surface area contributed by atoms with Gasteiger partial charge in [0.05, 0.1) is 16.8 Å². The van der Waals surface area contributed by atoms with Crippen LogP contribution in [0.1, 0.15) is 12.0 Å². The molecule has 0 bridgehead atoms. The fourth-order valence-electron chi connectivity index (χ4n) is 4.13. The van der Waals surface area contributed by atoms with Crippen LogP contribution in [0.25, 0.3) is 33.2 Å². The molecule has 0 saturated carbocycles. The lowest BCUT2D eigenvalue weighted by Gasteiger charge is -2.29. The standard InChI is InChI=1S/C23H16BrN3O/c24-15-7-8-16-17(11-15)19(13-25)18-12-20(14-5-2-1-3-6-14)27-10-4-9-26-23(27)21(18)22(16)28/h1-3,5-8,11-12,26H,4,9-10H2. The van der Waals surface area contributed by atoms with E-state index in [0.29, 0.717) is 27.5 Å². The van der Waals surface area contributed by atoms with Crippen molar-refractivity contribution in [3.05, 3.63) is 74.9 Å². The van der Waals surface area contributed by atoms with Gasteiger partial charge in [-0.05, 0) is 36.2 Å². The van der Waals surface area contributed by atoms with E-state index in [1.807, 2.05) is 36.4 Å². The van der Waals surface area contributed by atoms with Crippen LogP contribution in [-0.4, -0.2) is 11.1 Å². The summed E-state index contributed by atoms with van der Waals surface area (Å²) in [6, 6.07) is 20.0. The summed E-state index contributed by atoms with van der Waals surface area (Å²) >= 11 is 3.47. The topological polar surface area (TPSA) is 57.8 Å². The number of benzene rings is 3. The van der Waals surface area contributed by atoms with Crippen LogP contribution < -0.4 is 10.7 Å². The van der Waals surface area contributed by atoms with Crippen molar-refractivity contribution in [2.45, 2.75) is 13.0 Å². The number of rotatable bonds is 1. The van der Waals surface area contributed by atoms with Crippen LogP contribution in [-0.2, 0) is 6.54 Å². The third-order valence-corrected chi connectivity index (χ3v) is 5.87. The average molecular weight is 430 g/mol. The van der Waals surface area contributed by atoms with Gasteiger partial charge in [0.2, 0.25) is 0 Å². The minimum absolute atomic E-state index is 0.0331. The first kappa shape index (κ1) is 17.0. The molecule has 2 aliphatic heterocycles. The third kappa shape index (κ3) is 2.45. The molecule has 2 heterocycles. The van der Waals surface area contributed by atoms with Crippen LogP contribution >= 0.6 is 15.9 Å².